The molecule has 0 radical (unpaired) electrons. The van der Waals surface area contributed by atoms with Crippen LogP contribution in [-0.2, 0) is 11.3 Å². The average Bonchev–Trinajstić information content (AvgIpc) is 2.43. The highest BCUT2D eigenvalue weighted by molar-refractivity contribution is 5.78. The van der Waals surface area contributed by atoms with Gasteiger partial charge >= 0.3 is 0 Å². The second-order valence-corrected chi connectivity index (χ2v) is 4.31. The van der Waals surface area contributed by atoms with Crippen molar-refractivity contribution in [3.63, 3.8) is 0 Å². The first kappa shape index (κ1) is 13.3. The van der Waals surface area contributed by atoms with Gasteiger partial charge in [-0.05, 0) is 17.5 Å². The van der Waals surface area contributed by atoms with Crippen molar-refractivity contribution in [1.29, 1.82) is 0 Å². The molecule has 0 atom stereocenters. The molecule has 3 N–H and O–H groups in total. The minimum absolute atomic E-state index is 0.0140. The van der Waals surface area contributed by atoms with Crippen molar-refractivity contribution < 1.29 is 4.79 Å². The summed E-state index contributed by atoms with van der Waals surface area (Å²) in [7, 11) is 1.61. The van der Waals surface area contributed by atoms with E-state index in [4.69, 9.17) is 0 Å². The van der Waals surface area contributed by atoms with Crippen molar-refractivity contribution in [3.8, 4) is 0 Å². The quantitative estimate of drug-likeness (QED) is 0.694. The van der Waals surface area contributed by atoms with Crippen LogP contribution in [0.15, 0.2) is 35.1 Å². The van der Waals surface area contributed by atoms with Crippen molar-refractivity contribution in [2.45, 2.75) is 13.0 Å². The molecule has 19 heavy (non-hydrogen) atoms. The number of para-hydroxylation sites is 1. The van der Waals surface area contributed by atoms with Crippen molar-refractivity contribution >= 4 is 16.8 Å². The molecular weight excluding hydrogens is 242 g/mol. The van der Waals surface area contributed by atoms with E-state index in [1.807, 2.05) is 30.3 Å². The summed E-state index contributed by atoms with van der Waals surface area (Å²) in [5.41, 5.74) is 1.42. The zero-order chi connectivity index (χ0) is 13.7. The lowest BCUT2D eigenvalue weighted by Gasteiger charge is -2.05. The maximum absolute atomic E-state index is 11.8. The Bertz CT molecular complexity index is 634. The molecule has 0 fully saturated rings. The third kappa shape index (κ3) is 3.42. The van der Waals surface area contributed by atoms with E-state index in [1.165, 1.54) is 0 Å². The molecule has 0 aliphatic rings. The summed E-state index contributed by atoms with van der Waals surface area (Å²) in [5.74, 6) is -0.0140. The molecule has 1 aromatic heterocycles. The van der Waals surface area contributed by atoms with Crippen molar-refractivity contribution in [2.24, 2.45) is 0 Å². The first-order valence-corrected chi connectivity index (χ1v) is 6.23. The van der Waals surface area contributed by atoms with Crippen LogP contribution in [0.5, 0.6) is 0 Å². The predicted molar refractivity (Wildman–Crippen MR) is 75.0 cm³/mol. The summed E-state index contributed by atoms with van der Waals surface area (Å²) in [6, 6.07) is 9.53. The molecule has 0 spiro atoms. The lowest BCUT2D eigenvalue weighted by Crippen LogP contribution is -2.26. The summed E-state index contributed by atoms with van der Waals surface area (Å²) in [5, 5.41) is 6.65. The second kappa shape index (κ2) is 6.15. The lowest BCUT2D eigenvalue weighted by molar-refractivity contribution is -0.120. The molecule has 5 heteroatoms. The third-order valence-corrected chi connectivity index (χ3v) is 2.95. The minimum Gasteiger partial charge on any atom is -0.359 e. The molecule has 2 rings (SSSR count). The number of rotatable bonds is 5. The number of amides is 1. The summed E-state index contributed by atoms with van der Waals surface area (Å²) in [4.78, 5) is 25.7. The number of aromatic nitrogens is 1. The van der Waals surface area contributed by atoms with E-state index in [9.17, 15) is 9.59 Å². The van der Waals surface area contributed by atoms with Gasteiger partial charge in [0.2, 0.25) is 5.91 Å². The minimum atomic E-state index is -0.0915. The second-order valence-electron chi connectivity index (χ2n) is 4.31. The van der Waals surface area contributed by atoms with Gasteiger partial charge in [-0.1, -0.05) is 18.2 Å². The van der Waals surface area contributed by atoms with Gasteiger partial charge in [0.25, 0.3) is 5.56 Å². The van der Waals surface area contributed by atoms with Gasteiger partial charge in [0.1, 0.15) is 0 Å². The third-order valence-electron chi connectivity index (χ3n) is 2.95. The van der Waals surface area contributed by atoms with Crippen LogP contribution in [0, 0.1) is 0 Å². The van der Waals surface area contributed by atoms with Crippen LogP contribution in [0.4, 0.5) is 0 Å². The highest BCUT2D eigenvalue weighted by Gasteiger charge is 2.03. The number of carbonyl (C=O) groups excluding carboxylic acids is 1. The SMILES string of the molecule is CNC(=O)CCNCc1cc2ccccc2[nH]c1=O. The Morgan fingerprint density at radius 2 is 2.11 bits per heavy atom. The molecule has 0 saturated carbocycles. The van der Waals surface area contributed by atoms with E-state index < -0.39 is 0 Å². The number of hydrogen-bond donors (Lipinski definition) is 3. The Balaban J connectivity index is 2.02. The number of hydrogen-bond acceptors (Lipinski definition) is 3. The van der Waals surface area contributed by atoms with Crippen molar-refractivity contribution in [2.75, 3.05) is 13.6 Å². The van der Waals surface area contributed by atoms with Gasteiger partial charge in [-0.25, -0.2) is 0 Å². The van der Waals surface area contributed by atoms with Crippen LogP contribution >= 0.6 is 0 Å². The van der Waals surface area contributed by atoms with Gasteiger partial charge in [0, 0.05) is 37.6 Å². The van der Waals surface area contributed by atoms with E-state index in [-0.39, 0.29) is 11.5 Å². The van der Waals surface area contributed by atoms with Gasteiger partial charge in [-0.3, -0.25) is 9.59 Å². The van der Waals surface area contributed by atoms with Crippen LogP contribution in [-0.4, -0.2) is 24.5 Å². The molecule has 1 aromatic carbocycles. The van der Waals surface area contributed by atoms with E-state index in [1.54, 1.807) is 7.05 Å². The maximum Gasteiger partial charge on any atom is 0.252 e. The predicted octanol–water partition coefficient (Wildman–Crippen LogP) is 0.754. The molecule has 0 bridgehead atoms. The fraction of sp³-hybridized carbons (Fsp3) is 0.286. The number of fused-ring (bicyclic) bond motifs is 1. The van der Waals surface area contributed by atoms with Crippen LogP contribution < -0.4 is 16.2 Å². The van der Waals surface area contributed by atoms with Gasteiger partial charge in [0.05, 0.1) is 0 Å². The first-order valence-electron chi connectivity index (χ1n) is 6.23. The fourth-order valence-electron chi connectivity index (χ4n) is 1.87. The molecule has 2 aromatic rings. The highest BCUT2D eigenvalue weighted by atomic mass is 16.1. The number of H-pyrrole nitrogens is 1. The van der Waals surface area contributed by atoms with E-state index in [2.05, 4.69) is 15.6 Å². The molecule has 0 unspecified atom stereocenters. The van der Waals surface area contributed by atoms with Crippen LogP contribution in [0.1, 0.15) is 12.0 Å². The number of pyridine rings is 1. The molecule has 0 aliphatic heterocycles. The zero-order valence-corrected chi connectivity index (χ0v) is 10.8. The van der Waals surface area contributed by atoms with Gasteiger partial charge in [-0.2, -0.15) is 0 Å². The molecular formula is C14H17N3O2. The van der Waals surface area contributed by atoms with Gasteiger partial charge < -0.3 is 15.6 Å². The Kier molecular flexibility index (Phi) is 4.30. The van der Waals surface area contributed by atoms with E-state index >= 15 is 0 Å². The summed E-state index contributed by atoms with van der Waals surface area (Å²) < 4.78 is 0. The molecule has 5 nitrogen and oxygen atoms in total. The Morgan fingerprint density at radius 3 is 2.89 bits per heavy atom. The van der Waals surface area contributed by atoms with Crippen LogP contribution in [0.3, 0.4) is 0 Å². The first-order chi connectivity index (χ1) is 9.20. The lowest BCUT2D eigenvalue weighted by atomic mass is 10.1. The summed E-state index contributed by atoms with van der Waals surface area (Å²) in [6.07, 6.45) is 0.405. The van der Waals surface area contributed by atoms with E-state index in [0.29, 0.717) is 25.1 Å². The highest BCUT2D eigenvalue weighted by Crippen LogP contribution is 2.09. The standard InChI is InChI=1S/C14H17N3O2/c1-15-13(18)6-7-16-9-11-8-10-4-2-3-5-12(10)17-14(11)19/h2-5,8,16H,6-7,9H2,1H3,(H,15,18)(H,17,19). The Morgan fingerprint density at radius 1 is 1.32 bits per heavy atom. The van der Waals surface area contributed by atoms with E-state index in [0.717, 1.165) is 10.9 Å². The number of nitrogens with one attached hydrogen (secondary N) is 3. The maximum atomic E-state index is 11.8. The smallest absolute Gasteiger partial charge is 0.252 e. The zero-order valence-electron chi connectivity index (χ0n) is 10.8. The summed E-state index contributed by atoms with van der Waals surface area (Å²) >= 11 is 0. The molecule has 0 saturated heterocycles. The van der Waals surface area contributed by atoms with Crippen molar-refractivity contribution in [3.05, 3.63) is 46.2 Å². The Labute approximate surface area is 111 Å². The summed E-state index contributed by atoms with van der Waals surface area (Å²) in [6.45, 7) is 1.00. The number of aromatic amines is 1. The molecule has 0 aliphatic carbocycles. The van der Waals surface area contributed by atoms with Crippen LogP contribution in [0.2, 0.25) is 0 Å². The normalized spacial score (nSPS) is 10.6. The molecule has 1 heterocycles. The molecule has 1 amide bonds. The average molecular weight is 259 g/mol. The van der Waals surface area contributed by atoms with Crippen molar-refractivity contribution in [1.82, 2.24) is 15.6 Å². The number of carbonyl (C=O) groups is 1. The monoisotopic (exact) mass is 259 g/mol. The van der Waals surface area contributed by atoms with Gasteiger partial charge in [0.15, 0.2) is 0 Å². The Hall–Kier alpha value is -2.14. The number of benzene rings is 1. The topological polar surface area (TPSA) is 74.0 Å². The molecule has 100 valence electrons. The van der Waals surface area contributed by atoms with Gasteiger partial charge in [-0.15, -0.1) is 0 Å². The fourth-order valence-corrected chi connectivity index (χ4v) is 1.87. The largest absolute Gasteiger partial charge is 0.359 e. The van der Waals surface area contributed by atoms with Crippen LogP contribution in [0.25, 0.3) is 10.9 Å².